The van der Waals surface area contributed by atoms with Gasteiger partial charge < -0.3 is 20.9 Å². The predicted molar refractivity (Wildman–Crippen MR) is 106 cm³/mol. The van der Waals surface area contributed by atoms with Crippen molar-refractivity contribution in [2.24, 2.45) is 5.92 Å². The van der Waals surface area contributed by atoms with Gasteiger partial charge in [-0.25, -0.2) is 9.97 Å². The van der Waals surface area contributed by atoms with Gasteiger partial charge in [0.2, 0.25) is 0 Å². The topological polar surface area (TPSA) is 99.2 Å². The van der Waals surface area contributed by atoms with Crippen molar-refractivity contribution >= 4 is 23.3 Å². The summed E-state index contributed by atoms with van der Waals surface area (Å²) >= 11 is 0. The standard InChI is InChI=1S/C20H24N6O2/c1-26-8-4-13(5-9-26)11-23-18-17(21-6-7-22-18)20(28)25-15-3-2-14-12-24-19(27)16(14)10-15/h2-3,6-7,10,13H,4-5,8-9,11-12H2,1H3,(H,22,23)(H,24,27)(H,25,28). The van der Waals surface area contributed by atoms with Gasteiger partial charge in [0, 0.05) is 36.7 Å². The van der Waals surface area contributed by atoms with Crippen molar-refractivity contribution in [3.63, 3.8) is 0 Å². The smallest absolute Gasteiger partial charge is 0.278 e. The van der Waals surface area contributed by atoms with Crippen LogP contribution in [-0.2, 0) is 6.54 Å². The Bertz CT molecular complexity index is 892. The van der Waals surface area contributed by atoms with Crippen LogP contribution in [0.1, 0.15) is 39.3 Å². The molecule has 1 aromatic carbocycles. The summed E-state index contributed by atoms with van der Waals surface area (Å²) in [7, 11) is 2.14. The number of hydrogen-bond donors (Lipinski definition) is 3. The van der Waals surface area contributed by atoms with Gasteiger partial charge in [-0.2, -0.15) is 0 Å². The summed E-state index contributed by atoms with van der Waals surface area (Å²) in [6, 6.07) is 5.33. The van der Waals surface area contributed by atoms with Crippen LogP contribution in [0, 0.1) is 5.92 Å². The number of likely N-dealkylation sites (tertiary alicyclic amines) is 1. The fourth-order valence-corrected chi connectivity index (χ4v) is 3.62. The molecule has 3 heterocycles. The van der Waals surface area contributed by atoms with E-state index in [0.717, 1.165) is 38.0 Å². The van der Waals surface area contributed by atoms with Gasteiger partial charge in [-0.05, 0) is 56.6 Å². The fourth-order valence-electron chi connectivity index (χ4n) is 3.62. The van der Waals surface area contributed by atoms with E-state index >= 15 is 0 Å². The SMILES string of the molecule is CN1CCC(CNc2nccnc2C(=O)Nc2ccc3c(c2)C(=O)NC3)CC1. The highest BCUT2D eigenvalue weighted by molar-refractivity contribution is 6.07. The van der Waals surface area contributed by atoms with Crippen molar-refractivity contribution < 1.29 is 9.59 Å². The number of hydrogen-bond acceptors (Lipinski definition) is 6. The highest BCUT2D eigenvalue weighted by Gasteiger charge is 2.21. The van der Waals surface area contributed by atoms with Gasteiger partial charge in [-0.15, -0.1) is 0 Å². The molecule has 0 radical (unpaired) electrons. The minimum absolute atomic E-state index is 0.119. The van der Waals surface area contributed by atoms with Crippen LogP contribution in [0.5, 0.6) is 0 Å². The van der Waals surface area contributed by atoms with Crippen LogP contribution in [0.2, 0.25) is 0 Å². The summed E-state index contributed by atoms with van der Waals surface area (Å²) in [5.74, 6) is 0.575. The minimum Gasteiger partial charge on any atom is -0.368 e. The molecule has 146 valence electrons. The molecular weight excluding hydrogens is 356 g/mol. The first-order valence-corrected chi connectivity index (χ1v) is 9.56. The fraction of sp³-hybridized carbons (Fsp3) is 0.400. The van der Waals surface area contributed by atoms with Gasteiger partial charge in [0.05, 0.1) is 0 Å². The van der Waals surface area contributed by atoms with E-state index in [1.807, 2.05) is 6.07 Å². The van der Waals surface area contributed by atoms with E-state index in [4.69, 9.17) is 0 Å². The van der Waals surface area contributed by atoms with Crippen molar-refractivity contribution in [1.82, 2.24) is 20.2 Å². The molecule has 2 aromatic rings. The number of rotatable bonds is 5. The van der Waals surface area contributed by atoms with Crippen molar-refractivity contribution in [2.75, 3.05) is 37.3 Å². The molecule has 0 spiro atoms. The molecule has 3 N–H and O–H groups in total. The lowest BCUT2D eigenvalue weighted by Crippen LogP contribution is -2.33. The van der Waals surface area contributed by atoms with Crippen LogP contribution >= 0.6 is 0 Å². The molecule has 0 atom stereocenters. The average molecular weight is 380 g/mol. The van der Waals surface area contributed by atoms with Gasteiger partial charge >= 0.3 is 0 Å². The Kier molecular flexibility index (Phi) is 5.21. The van der Waals surface area contributed by atoms with E-state index in [2.05, 4.69) is 37.9 Å². The molecule has 0 aliphatic carbocycles. The average Bonchev–Trinajstić information content (AvgIpc) is 3.08. The van der Waals surface area contributed by atoms with Crippen molar-refractivity contribution in [1.29, 1.82) is 0 Å². The number of amides is 2. The molecule has 8 nitrogen and oxygen atoms in total. The lowest BCUT2D eigenvalue weighted by molar-refractivity contribution is 0.0964. The molecule has 0 bridgehead atoms. The molecule has 1 saturated heterocycles. The molecule has 2 aliphatic rings. The Morgan fingerprint density at radius 2 is 2.04 bits per heavy atom. The maximum Gasteiger partial charge on any atom is 0.278 e. The zero-order valence-corrected chi connectivity index (χ0v) is 15.9. The zero-order valence-electron chi connectivity index (χ0n) is 15.9. The second kappa shape index (κ2) is 7.93. The number of piperidine rings is 1. The summed E-state index contributed by atoms with van der Waals surface area (Å²) in [6.45, 7) is 3.47. The number of fused-ring (bicyclic) bond motifs is 1. The Hall–Kier alpha value is -3.00. The second-order valence-corrected chi connectivity index (χ2v) is 7.39. The first-order chi connectivity index (χ1) is 13.6. The van der Waals surface area contributed by atoms with E-state index < -0.39 is 0 Å². The van der Waals surface area contributed by atoms with Gasteiger partial charge in [0.15, 0.2) is 11.5 Å². The Balaban J connectivity index is 1.43. The first-order valence-electron chi connectivity index (χ1n) is 9.56. The van der Waals surface area contributed by atoms with E-state index in [9.17, 15) is 9.59 Å². The van der Waals surface area contributed by atoms with Crippen LogP contribution < -0.4 is 16.0 Å². The van der Waals surface area contributed by atoms with Crippen LogP contribution in [0.15, 0.2) is 30.6 Å². The molecular formula is C20H24N6O2. The normalized spacial score (nSPS) is 17.1. The van der Waals surface area contributed by atoms with Gasteiger partial charge in [-0.1, -0.05) is 6.07 Å². The monoisotopic (exact) mass is 380 g/mol. The maximum absolute atomic E-state index is 12.7. The number of benzene rings is 1. The molecule has 0 unspecified atom stereocenters. The van der Waals surface area contributed by atoms with Crippen LogP contribution in [0.3, 0.4) is 0 Å². The number of nitrogens with one attached hydrogen (secondary N) is 3. The van der Waals surface area contributed by atoms with E-state index in [-0.39, 0.29) is 17.5 Å². The maximum atomic E-state index is 12.7. The molecule has 4 rings (SSSR count). The van der Waals surface area contributed by atoms with Crippen molar-refractivity contribution in [2.45, 2.75) is 19.4 Å². The summed E-state index contributed by atoms with van der Waals surface area (Å²) in [5, 5.41) is 8.89. The highest BCUT2D eigenvalue weighted by Crippen LogP contribution is 2.22. The largest absolute Gasteiger partial charge is 0.368 e. The van der Waals surface area contributed by atoms with Gasteiger partial charge in [0.25, 0.3) is 11.8 Å². The number of nitrogens with zero attached hydrogens (tertiary/aromatic N) is 3. The molecule has 0 saturated carbocycles. The predicted octanol–water partition coefficient (Wildman–Crippen LogP) is 1.73. The van der Waals surface area contributed by atoms with E-state index in [1.54, 1.807) is 18.3 Å². The molecule has 1 aromatic heterocycles. The third kappa shape index (κ3) is 3.96. The Labute approximate surface area is 163 Å². The van der Waals surface area contributed by atoms with Crippen LogP contribution in [-0.4, -0.2) is 53.4 Å². The first kappa shape index (κ1) is 18.4. The minimum atomic E-state index is -0.350. The number of carbonyl (C=O) groups is 2. The van der Waals surface area contributed by atoms with Gasteiger partial charge in [0.1, 0.15) is 0 Å². The molecule has 2 amide bonds. The molecule has 1 fully saturated rings. The lowest BCUT2D eigenvalue weighted by atomic mass is 9.97. The summed E-state index contributed by atoms with van der Waals surface area (Å²) in [6.07, 6.45) is 5.34. The number of carbonyl (C=O) groups excluding carboxylic acids is 2. The lowest BCUT2D eigenvalue weighted by Gasteiger charge is -2.29. The molecule has 28 heavy (non-hydrogen) atoms. The third-order valence-electron chi connectivity index (χ3n) is 5.36. The quantitative estimate of drug-likeness (QED) is 0.731. The van der Waals surface area contributed by atoms with Crippen molar-refractivity contribution in [3.05, 3.63) is 47.4 Å². The summed E-state index contributed by atoms with van der Waals surface area (Å²) in [5.41, 5.74) is 2.34. The molecule has 2 aliphatic heterocycles. The molecule has 8 heteroatoms. The number of anilines is 2. The Morgan fingerprint density at radius 1 is 1.25 bits per heavy atom. The van der Waals surface area contributed by atoms with E-state index in [1.165, 1.54) is 6.20 Å². The second-order valence-electron chi connectivity index (χ2n) is 7.39. The Morgan fingerprint density at radius 3 is 2.86 bits per heavy atom. The number of aromatic nitrogens is 2. The highest BCUT2D eigenvalue weighted by atomic mass is 16.2. The van der Waals surface area contributed by atoms with Crippen LogP contribution in [0.25, 0.3) is 0 Å². The zero-order chi connectivity index (χ0) is 19.5. The summed E-state index contributed by atoms with van der Waals surface area (Å²) in [4.78, 5) is 35.4. The van der Waals surface area contributed by atoms with Crippen molar-refractivity contribution in [3.8, 4) is 0 Å². The third-order valence-corrected chi connectivity index (χ3v) is 5.36. The van der Waals surface area contributed by atoms with Crippen LogP contribution in [0.4, 0.5) is 11.5 Å². The summed E-state index contributed by atoms with van der Waals surface area (Å²) < 4.78 is 0. The van der Waals surface area contributed by atoms with E-state index in [0.29, 0.717) is 29.5 Å². The van der Waals surface area contributed by atoms with Gasteiger partial charge in [-0.3, -0.25) is 9.59 Å².